The molecule has 1 nitrogen and oxygen atoms in total. The van der Waals surface area contributed by atoms with Crippen LogP contribution in [0.5, 0.6) is 5.75 Å². The first-order valence-corrected chi connectivity index (χ1v) is 6.22. The van der Waals surface area contributed by atoms with E-state index in [-0.39, 0.29) is 0 Å². The van der Waals surface area contributed by atoms with Crippen molar-refractivity contribution in [2.75, 3.05) is 0 Å². The standard InChI is InChI=1S/C17H19O/c1-12-6-5-7-16(10-14(12)3)18-17-9-8-13(2)15(4)11-17/h5-11H,1-4H3. The normalized spacial score (nSPS) is 16.0. The second-order valence-corrected chi connectivity index (χ2v) is 4.79. The summed E-state index contributed by atoms with van der Waals surface area (Å²) in [5, 5.41) is 0. The first kappa shape index (κ1) is 12.7. The van der Waals surface area contributed by atoms with Crippen molar-refractivity contribution < 1.29 is 4.74 Å². The molecule has 0 saturated carbocycles. The van der Waals surface area contributed by atoms with Crippen LogP contribution in [0.4, 0.5) is 0 Å². The first-order valence-electron chi connectivity index (χ1n) is 6.22. The lowest BCUT2D eigenvalue weighted by atomic mass is 10.0. The Morgan fingerprint density at radius 1 is 0.944 bits per heavy atom. The molecule has 1 aliphatic carbocycles. The number of benzene rings is 1. The quantitative estimate of drug-likeness (QED) is 0.728. The van der Waals surface area contributed by atoms with Crippen LogP contribution in [0.2, 0.25) is 0 Å². The van der Waals surface area contributed by atoms with Gasteiger partial charge in [-0.05, 0) is 56.2 Å². The van der Waals surface area contributed by atoms with Gasteiger partial charge in [0.05, 0.1) is 0 Å². The number of hydrogen-bond donors (Lipinski definition) is 0. The fourth-order valence-electron chi connectivity index (χ4n) is 1.77. The minimum absolute atomic E-state index is 0.879. The lowest BCUT2D eigenvalue weighted by molar-refractivity contribution is 0.443. The maximum Gasteiger partial charge on any atom is 0.127 e. The van der Waals surface area contributed by atoms with E-state index in [1.165, 1.54) is 22.6 Å². The van der Waals surface area contributed by atoms with Crippen molar-refractivity contribution in [2.24, 2.45) is 0 Å². The highest BCUT2D eigenvalue weighted by atomic mass is 16.5. The maximum absolute atomic E-state index is 5.91. The Hall–Kier alpha value is -1.76. The SMILES string of the molecule is C[C]1C=CC=C(Oc2ccc(C)c(C)c2)C=C1C. The summed E-state index contributed by atoms with van der Waals surface area (Å²) < 4.78 is 5.91. The van der Waals surface area contributed by atoms with Gasteiger partial charge in [-0.1, -0.05) is 30.7 Å². The topological polar surface area (TPSA) is 9.23 Å². The van der Waals surface area contributed by atoms with Crippen LogP contribution in [0.1, 0.15) is 25.0 Å². The Morgan fingerprint density at radius 3 is 2.44 bits per heavy atom. The molecule has 2 rings (SSSR count). The van der Waals surface area contributed by atoms with E-state index >= 15 is 0 Å². The molecule has 0 bridgehead atoms. The maximum atomic E-state index is 5.91. The second kappa shape index (κ2) is 5.26. The van der Waals surface area contributed by atoms with E-state index in [4.69, 9.17) is 4.74 Å². The van der Waals surface area contributed by atoms with Crippen LogP contribution in [0.3, 0.4) is 0 Å². The molecule has 1 heteroatoms. The molecular weight excluding hydrogens is 220 g/mol. The van der Waals surface area contributed by atoms with E-state index in [2.05, 4.69) is 52.0 Å². The van der Waals surface area contributed by atoms with Gasteiger partial charge in [0, 0.05) is 5.92 Å². The van der Waals surface area contributed by atoms with Crippen molar-refractivity contribution in [1.29, 1.82) is 0 Å². The van der Waals surface area contributed by atoms with Gasteiger partial charge >= 0.3 is 0 Å². The summed E-state index contributed by atoms with van der Waals surface area (Å²) in [6.07, 6.45) is 8.20. The Balaban J connectivity index is 2.21. The molecule has 0 fully saturated rings. The van der Waals surface area contributed by atoms with Crippen molar-refractivity contribution in [1.82, 2.24) is 0 Å². The number of ether oxygens (including phenoxy) is 1. The van der Waals surface area contributed by atoms with Crippen molar-refractivity contribution in [2.45, 2.75) is 27.7 Å². The fourth-order valence-corrected chi connectivity index (χ4v) is 1.77. The van der Waals surface area contributed by atoms with Gasteiger partial charge in [-0.3, -0.25) is 0 Å². The molecule has 1 radical (unpaired) electrons. The van der Waals surface area contributed by atoms with E-state index in [1.54, 1.807) is 0 Å². The molecule has 18 heavy (non-hydrogen) atoms. The zero-order valence-electron chi connectivity index (χ0n) is 11.4. The highest BCUT2D eigenvalue weighted by molar-refractivity contribution is 5.42. The molecule has 0 heterocycles. The molecule has 0 saturated heterocycles. The van der Waals surface area contributed by atoms with Crippen LogP contribution in [0.25, 0.3) is 0 Å². The number of aryl methyl sites for hydroxylation is 2. The summed E-state index contributed by atoms with van der Waals surface area (Å²) in [4.78, 5) is 0. The molecule has 0 aromatic heterocycles. The van der Waals surface area contributed by atoms with Crippen LogP contribution in [0, 0.1) is 19.8 Å². The average molecular weight is 239 g/mol. The molecule has 1 aromatic rings. The van der Waals surface area contributed by atoms with E-state index in [0.29, 0.717) is 0 Å². The van der Waals surface area contributed by atoms with Gasteiger partial charge in [0.15, 0.2) is 0 Å². The molecule has 0 aliphatic heterocycles. The molecule has 0 amide bonds. The van der Waals surface area contributed by atoms with Crippen molar-refractivity contribution in [3.63, 3.8) is 0 Å². The van der Waals surface area contributed by atoms with Gasteiger partial charge in [0.2, 0.25) is 0 Å². The van der Waals surface area contributed by atoms with Crippen LogP contribution >= 0.6 is 0 Å². The van der Waals surface area contributed by atoms with Crippen molar-refractivity contribution in [3.05, 3.63) is 70.9 Å². The highest BCUT2D eigenvalue weighted by Crippen LogP contribution is 2.23. The summed E-state index contributed by atoms with van der Waals surface area (Å²) in [6.45, 7) is 8.41. The van der Waals surface area contributed by atoms with E-state index in [1.807, 2.05) is 18.2 Å². The third-order valence-corrected chi connectivity index (χ3v) is 3.30. The summed E-state index contributed by atoms with van der Waals surface area (Å²) in [5.41, 5.74) is 3.77. The third-order valence-electron chi connectivity index (χ3n) is 3.30. The zero-order chi connectivity index (χ0) is 13.1. The predicted molar refractivity (Wildman–Crippen MR) is 76.4 cm³/mol. The number of hydrogen-bond acceptors (Lipinski definition) is 1. The van der Waals surface area contributed by atoms with E-state index in [9.17, 15) is 0 Å². The number of rotatable bonds is 2. The Kier molecular flexibility index (Phi) is 3.71. The average Bonchev–Trinajstić information content (AvgIpc) is 2.47. The predicted octanol–water partition coefficient (Wildman–Crippen LogP) is 4.68. The van der Waals surface area contributed by atoms with Crippen LogP contribution in [0.15, 0.2) is 53.8 Å². The second-order valence-electron chi connectivity index (χ2n) is 4.79. The van der Waals surface area contributed by atoms with Crippen molar-refractivity contribution in [3.8, 4) is 5.75 Å². The van der Waals surface area contributed by atoms with Crippen LogP contribution in [-0.2, 0) is 0 Å². The monoisotopic (exact) mass is 239 g/mol. The van der Waals surface area contributed by atoms with Crippen LogP contribution < -0.4 is 4.74 Å². The summed E-state index contributed by atoms with van der Waals surface area (Å²) in [6, 6.07) is 6.17. The Morgan fingerprint density at radius 2 is 1.72 bits per heavy atom. The van der Waals surface area contributed by atoms with E-state index < -0.39 is 0 Å². The molecule has 1 aliphatic rings. The molecular formula is C17H19O. The minimum atomic E-state index is 0.879. The van der Waals surface area contributed by atoms with Gasteiger partial charge < -0.3 is 4.74 Å². The first-order chi connectivity index (χ1) is 8.56. The van der Waals surface area contributed by atoms with Crippen LogP contribution in [-0.4, -0.2) is 0 Å². The van der Waals surface area contributed by atoms with Gasteiger partial charge in [0.1, 0.15) is 11.5 Å². The number of allylic oxidation sites excluding steroid dienone is 5. The third kappa shape index (κ3) is 2.92. The highest BCUT2D eigenvalue weighted by Gasteiger charge is 2.06. The Bertz CT molecular complexity index is 533. The summed E-state index contributed by atoms with van der Waals surface area (Å²) in [5.74, 6) is 3.04. The lowest BCUT2D eigenvalue weighted by Gasteiger charge is -2.09. The molecule has 0 atom stereocenters. The lowest BCUT2D eigenvalue weighted by Crippen LogP contribution is -1.95. The molecule has 1 aromatic carbocycles. The molecule has 93 valence electrons. The zero-order valence-corrected chi connectivity index (χ0v) is 11.4. The van der Waals surface area contributed by atoms with Crippen molar-refractivity contribution >= 4 is 0 Å². The minimum Gasteiger partial charge on any atom is -0.457 e. The van der Waals surface area contributed by atoms with Gasteiger partial charge in [0.25, 0.3) is 0 Å². The summed E-state index contributed by atoms with van der Waals surface area (Å²) in [7, 11) is 0. The largest absolute Gasteiger partial charge is 0.457 e. The van der Waals surface area contributed by atoms with Gasteiger partial charge in [-0.2, -0.15) is 0 Å². The molecule has 0 N–H and O–H groups in total. The Labute approximate surface area is 109 Å². The van der Waals surface area contributed by atoms with E-state index in [0.717, 1.165) is 11.5 Å². The van der Waals surface area contributed by atoms with Gasteiger partial charge in [-0.25, -0.2) is 0 Å². The smallest absolute Gasteiger partial charge is 0.127 e. The summed E-state index contributed by atoms with van der Waals surface area (Å²) >= 11 is 0. The fraction of sp³-hybridized carbons (Fsp3) is 0.235. The van der Waals surface area contributed by atoms with Gasteiger partial charge in [-0.15, -0.1) is 0 Å². The molecule has 0 unspecified atom stereocenters. The molecule has 0 spiro atoms.